The first-order valence-electron chi connectivity index (χ1n) is 4.80. The van der Waals surface area contributed by atoms with Crippen molar-refractivity contribution in [2.45, 2.75) is 13.3 Å². The Morgan fingerprint density at radius 1 is 1.53 bits per heavy atom. The predicted molar refractivity (Wildman–Crippen MR) is 60.4 cm³/mol. The lowest BCUT2D eigenvalue weighted by Crippen LogP contribution is -2.27. The molecular formula is C11H14ClNO2. The van der Waals surface area contributed by atoms with Crippen LogP contribution in [-0.4, -0.2) is 29.5 Å². The van der Waals surface area contributed by atoms with Gasteiger partial charge in [0.15, 0.2) is 0 Å². The monoisotopic (exact) mass is 227 g/mol. The van der Waals surface area contributed by atoms with E-state index in [2.05, 4.69) is 0 Å². The normalized spacial score (nSPS) is 10.1. The molecule has 1 aromatic rings. The number of rotatable bonds is 3. The van der Waals surface area contributed by atoms with Crippen molar-refractivity contribution in [1.29, 1.82) is 0 Å². The summed E-state index contributed by atoms with van der Waals surface area (Å²) in [5, 5.41) is 9.96. The number of hydrogen-bond acceptors (Lipinski definition) is 2. The first-order valence-corrected chi connectivity index (χ1v) is 5.18. The highest BCUT2D eigenvalue weighted by molar-refractivity contribution is 6.31. The topological polar surface area (TPSA) is 40.5 Å². The number of halogens is 1. The fourth-order valence-electron chi connectivity index (χ4n) is 1.32. The second kappa shape index (κ2) is 5.03. The SMILES string of the molecule is CCCN(C)C(=O)c1cc(Cl)ccc1O. The number of nitrogens with zero attached hydrogens (tertiary/aromatic N) is 1. The second-order valence-electron chi connectivity index (χ2n) is 3.39. The summed E-state index contributed by atoms with van der Waals surface area (Å²) in [6, 6.07) is 4.45. The van der Waals surface area contributed by atoms with Crippen molar-refractivity contribution in [3.63, 3.8) is 0 Å². The Labute approximate surface area is 94.3 Å². The van der Waals surface area contributed by atoms with Crippen LogP contribution in [0.15, 0.2) is 18.2 Å². The Morgan fingerprint density at radius 3 is 2.80 bits per heavy atom. The lowest BCUT2D eigenvalue weighted by Gasteiger charge is -2.16. The average Bonchev–Trinajstić information content (AvgIpc) is 2.21. The first kappa shape index (κ1) is 11.9. The zero-order valence-corrected chi connectivity index (χ0v) is 9.58. The largest absolute Gasteiger partial charge is 0.507 e. The van der Waals surface area contributed by atoms with Crippen molar-refractivity contribution in [2.75, 3.05) is 13.6 Å². The van der Waals surface area contributed by atoms with Crippen molar-refractivity contribution < 1.29 is 9.90 Å². The first-order chi connectivity index (χ1) is 7.06. The molecule has 4 heteroatoms. The molecule has 1 rings (SSSR count). The number of phenols is 1. The molecule has 0 bridgehead atoms. The van der Waals surface area contributed by atoms with E-state index in [4.69, 9.17) is 11.6 Å². The van der Waals surface area contributed by atoms with Crippen LogP contribution in [0.3, 0.4) is 0 Å². The highest BCUT2D eigenvalue weighted by Gasteiger charge is 2.15. The highest BCUT2D eigenvalue weighted by atomic mass is 35.5. The molecule has 15 heavy (non-hydrogen) atoms. The summed E-state index contributed by atoms with van der Waals surface area (Å²) in [4.78, 5) is 13.4. The fourth-order valence-corrected chi connectivity index (χ4v) is 1.49. The summed E-state index contributed by atoms with van der Waals surface area (Å²) in [6.45, 7) is 2.65. The van der Waals surface area contributed by atoms with E-state index in [9.17, 15) is 9.90 Å². The maximum atomic E-state index is 11.8. The fraction of sp³-hybridized carbons (Fsp3) is 0.364. The van der Waals surface area contributed by atoms with Crippen LogP contribution in [0, 0.1) is 0 Å². The van der Waals surface area contributed by atoms with Gasteiger partial charge in [0.05, 0.1) is 5.56 Å². The molecule has 0 aromatic heterocycles. The molecule has 0 saturated carbocycles. The molecule has 0 spiro atoms. The molecule has 0 heterocycles. The number of phenolic OH excluding ortho intramolecular Hbond substituents is 1. The molecule has 0 saturated heterocycles. The summed E-state index contributed by atoms with van der Waals surface area (Å²) in [5.74, 6) is -0.246. The number of hydrogen-bond donors (Lipinski definition) is 1. The van der Waals surface area contributed by atoms with Crippen molar-refractivity contribution in [1.82, 2.24) is 4.90 Å². The quantitative estimate of drug-likeness (QED) is 0.862. The third kappa shape index (κ3) is 2.86. The zero-order valence-electron chi connectivity index (χ0n) is 8.83. The van der Waals surface area contributed by atoms with Crippen LogP contribution in [0.4, 0.5) is 0 Å². The lowest BCUT2D eigenvalue weighted by atomic mass is 10.1. The van der Waals surface area contributed by atoms with Gasteiger partial charge in [0.2, 0.25) is 0 Å². The maximum Gasteiger partial charge on any atom is 0.257 e. The van der Waals surface area contributed by atoms with E-state index in [0.717, 1.165) is 6.42 Å². The molecule has 0 radical (unpaired) electrons. The molecule has 0 fully saturated rings. The van der Waals surface area contributed by atoms with E-state index < -0.39 is 0 Å². The molecule has 0 aliphatic carbocycles. The van der Waals surface area contributed by atoms with E-state index in [0.29, 0.717) is 11.6 Å². The van der Waals surface area contributed by atoms with Crippen LogP contribution in [-0.2, 0) is 0 Å². The molecule has 1 amide bonds. The van der Waals surface area contributed by atoms with Gasteiger partial charge in [-0.05, 0) is 24.6 Å². The highest BCUT2D eigenvalue weighted by Crippen LogP contribution is 2.22. The van der Waals surface area contributed by atoms with Crippen molar-refractivity contribution in [3.05, 3.63) is 28.8 Å². The van der Waals surface area contributed by atoms with Gasteiger partial charge in [0.25, 0.3) is 5.91 Å². The van der Waals surface area contributed by atoms with Crippen molar-refractivity contribution in [3.8, 4) is 5.75 Å². The number of benzene rings is 1. The standard InChI is InChI=1S/C11H14ClNO2/c1-3-6-13(2)11(15)9-7-8(12)4-5-10(9)14/h4-5,7,14H,3,6H2,1-2H3. The van der Waals surface area contributed by atoms with Gasteiger partial charge in [-0.2, -0.15) is 0 Å². The molecule has 1 aromatic carbocycles. The molecule has 0 aliphatic heterocycles. The Hall–Kier alpha value is -1.22. The molecule has 1 N–H and O–H groups in total. The number of carbonyl (C=O) groups is 1. The van der Waals surface area contributed by atoms with Crippen LogP contribution in [0.25, 0.3) is 0 Å². The van der Waals surface area contributed by atoms with E-state index in [-0.39, 0.29) is 17.2 Å². The smallest absolute Gasteiger partial charge is 0.257 e. The second-order valence-corrected chi connectivity index (χ2v) is 3.82. The average molecular weight is 228 g/mol. The number of carbonyl (C=O) groups excluding carboxylic acids is 1. The van der Waals surface area contributed by atoms with Gasteiger partial charge in [-0.3, -0.25) is 4.79 Å². The van der Waals surface area contributed by atoms with Crippen molar-refractivity contribution in [2.24, 2.45) is 0 Å². The van der Waals surface area contributed by atoms with Gasteiger partial charge >= 0.3 is 0 Å². The van der Waals surface area contributed by atoms with Crippen LogP contribution in [0.5, 0.6) is 5.75 Å². The number of amides is 1. The summed E-state index contributed by atoms with van der Waals surface area (Å²) in [7, 11) is 1.70. The van der Waals surface area contributed by atoms with E-state index in [1.165, 1.54) is 12.1 Å². The molecular weight excluding hydrogens is 214 g/mol. The van der Waals surface area contributed by atoms with E-state index in [1.807, 2.05) is 6.92 Å². The van der Waals surface area contributed by atoms with E-state index >= 15 is 0 Å². The van der Waals surface area contributed by atoms with Gasteiger partial charge in [-0.1, -0.05) is 18.5 Å². The van der Waals surface area contributed by atoms with Crippen LogP contribution in [0.2, 0.25) is 5.02 Å². The minimum Gasteiger partial charge on any atom is -0.507 e. The van der Waals surface area contributed by atoms with Gasteiger partial charge in [0, 0.05) is 18.6 Å². The summed E-state index contributed by atoms with van der Waals surface area (Å²) < 4.78 is 0. The third-order valence-corrected chi connectivity index (χ3v) is 2.33. The van der Waals surface area contributed by atoms with Crippen LogP contribution in [0.1, 0.15) is 23.7 Å². The van der Waals surface area contributed by atoms with Gasteiger partial charge in [-0.15, -0.1) is 0 Å². The molecule has 0 unspecified atom stereocenters. The Balaban J connectivity index is 2.95. The maximum absolute atomic E-state index is 11.8. The summed E-state index contributed by atoms with van der Waals surface area (Å²) in [6.07, 6.45) is 0.879. The Morgan fingerprint density at radius 2 is 2.20 bits per heavy atom. The molecule has 0 aliphatic rings. The van der Waals surface area contributed by atoms with Crippen LogP contribution < -0.4 is 0 Å². The number of aromatic hydroxyl groups is 1. The third-order valence-electron chi connectivity index (χ3n) is 2.09. The lowest BCUT2D eigenvalue weighted by molar-refractivity contribution is 0.0792. The molecule has 0 atom stereocenters. The summed E-state index contributed by atoms with van der Waals surface area (Å²) >= 11 is 5.76. The van der Waals surface area contributed by atoms with E-state index in [1.54, 1.807) is 18.0 Å². The van der Waals surface area contributed by atoms with Gasteiger partial charge in [0.1, 0.15) is 5.75 Å². The van der Waals surface area contributed by atoms with Gasteiger partial charge < -0.3 is 10.0 Å². The zero-order chi connectivity index (χ0) is 11.4. The van der Waals surface area contributed by atoms with Gasteiger partial charge in [-0.25, -0.2) is 0 Å². The van der Waals surface area contributed by atoms with Crippen LogP contribution >= 0.6 is 11.6 Å². The minimum absolute atomic E-state index is 0.0349. The van der Waals surface area contributed by atoms with Crippen molar-refractivity contribution >= 4 is 17.5 Å². The predicted octanol–water partition coefficient (Wildman–Crippen LogP) is 2.53. The Bertz CT molecular complexity index is 366. The molecule has 3 nitrogen and oxygen atoms in total. The molecule has 82 valence electrons. The summed E-state index contributed by atoms with van der Waals surface area (Å²) in [5.41, 5.74) is 0.249. The Kier molecular flexibility index (Phi) is 3.97. The minimum atomic E-state index is -0.211.